The number of aliphatic carboxylic acids is 2. The number of nitrogens with two attached hydrogens (primary N) is 1. The van der Waals surface area contributed by atoms with Crippen LogP contribution in [0, 0.1) is 0 Å². The van der Waals surface area contributed by atoms with Crippen molar-refractivity contribution in [1.82, 2.24) is 4.90 Å². The summed E-state index contributed by atoms with van der Waals surface area (Å²) in [6, 6.07) is 8.84. The van der Waals surface area contributed by atoms with Gasteiger partial charge >= 0.3 is 24.3 Å². The van der Waals surface area contributed by atoms with Gasteiger partial charge in [-0.1, -0.05) is 24.3 Å². The number of rotatable bonds is 4. The molecule has 1 aliphatic rings. The second-order valence-corrected chi connectivity index (χ2v) is 6.44. The summed E-state index contributed by atoms with van der Waals surface area (Å²) in [5.41, 5.74) is 8.06. The van der Waals surface area contributed by atoms with Crippen LogP contribution in [-0.2, 0) is 16.0 Å². The molecule has 2 rings (SSSR count). The van der Waals surface area contributed by atoms with E-state index in [4.69, 9.17) is 25.5 Å². The maximum atomic E-state index is 13.2. The molecule has 0 radical (unpaired) electrons. The van der Waals surface area contributed by atoms with Gasteiger partial charge in [-0.05, 0) is 37.4 Å². The Balaban J connectivity index is 0.000000536. The largest absolute Gasteiger partial charge is 0.490 e. The van der Waals surface area contributed by atoms with Gasteiger partial charge < -0.3 is 15.9 Å². The summed E-state index contributed by atoms with van der Waals surface area (Å²) in [6.07, 6.45) is -9.21. The smallest absolute Gasteiger partial charge is 0.475 e. The minimum absolute atomic E-state index is 0.308. The predicted molar refractivity (Wildman–Crippen MR) is 96.1 cm³/mol. The maximum absolute atomic E-state index is 13.2. The van der Waals surface area contributed by atoms with E-state index in [1.54, 1.807) is 0 Å². The molecule has 1 aromatic carbocycles. The van der Waals surface area contributed by atoms with Crippen LogP contribution in [0.25, 0.3) is 0 Å². The fourth-order valence-corrected chi connectivity index (χ4v) is 2.44. The van der Waals surface area contributed by atoms with Gasteiger partial charge in [-0.25, -0.2) is 14.0 Å². The fourth-order valence-electron chi connectivity index (χ4n) is 2.44. The number of hydrogen-bond donors (Lipinski definition) is 3. The molecule has 31 heavy (non-hydrogen) atoms. The molecule has 0 saturated carbocycles. The minimum Gasteiger partial charge on any atom is -0.475 e. The molecule has 0 amide bonds. The highest BCUT2D eigenvalue weighted by Gasteiger charge is 2.38. The molecule has 1 aromatic rings. The van der Waals surface area contributed by atoms with E-state index in [1.807, 2.05) is 0 Å². The van der Waals surface area contributed by atoms with E-state index < -0.39 is 30.5 Å². The molecule has 2 atom stereocenters. The molecule has 0 aromatic heterocycles. The van der Waals surface area contributed by atoms with Gasteiger partial charge in [-0.3, -0.25) is 4.90 Å². The summed E-state index contributed by atoms with van der Waals surface area (Å²) in [4.78, 5) is 20.0. The maximum Gasteiger partial charge on any atom is 0.490 e. The van der Waals surface area contributed by atoms with Crippen molar-refractivity contribution in [3.05, 3.63) is 35.4 Å². The van der Waals surface area contributed by atoms with Crippen LogP contribution in [0.4, 0.5) is 30.7 Å². The average Bonchev–Trinajstić information content (AvgIpc) is 3.08. The average molecular weight is 464 g/mol. The molecule has 1 heterocycles. The Kier molecular flexibility index (Phi) is 11.5. The van der Waals surface area contributed by atoms with Crippen molar-refractivity contribution in [3.8, 4) is 0 Å². The summed E-state index contributed by atoms with van der Waals surface area (Å²) in [5, 5.41) is 14.2. The second kappa shape index (κ2) is 12.4. The van der Waals surface area contributed by atoms with Gasteiger partial charge in [0.15, 0.2) is 0 Å². The molecule has 1 aliphatic heterocycles. The van der Waals surface area contributed by atoms with Crippen molar-refractivity contribution in [3.63, 3.8) is 0 Å². The van der Waals surface area contributed by atoms with Crippen LogP contribution in [0.1, 0.15) is 30.5 Å². The van der Waals surface area contributed by atoms with Gasteiger partial charge in [-0.15, -0.1) is 0 Å². The summed E-state index contributed by atoms with van der Waals surface area (Å²) in [6.45, 7) is 4.28. The van der Waals surface area contributed by atoms with Crippen molar-refractivity contribution < 1.29 is 50.5 Å². The van der Waals surface area contributed by atoms with E-state index in [0.29, 0.717) is 25.6 Å². The van der Waals surface area contributed by atoms with Gasteiger partial charge in [0.1, 0.15) is 6.17 Å². The van der Waals surface area contributed by atoms with Crippen LogP contribution in [-0.4, -0.2) is 65.2 Å². The quantitative estimate of drug-likeness (QED) is 0.589. The van der Waals surface area contributed by atoms with Crippen LogP contribution in [0.3, 0.4) is 0 Å². The Morgan fingerprint density at radius 3 is 1.77 bits per heavy atom. The highest BCUT2D eigenvalue weighted by molar-refractivity contribution is 5.73. The number of hydrogen-bond acceptors (Lipinski definition) is 4. The molecule has 1 saturated heterocycles. The molecule has 4 N–H and O–H groups in total. The van der Waals surface area contributed by atoms with Gasteiger partial charge in [0, 0.05) is 19.1 Å². The second-order valence-electron chi connectivity index (χ2n) is 6.44. The molecular formula is C18H23F7N2O4. The number of benzene rings is 1. The van der Waals surface area contributed by atoms with E-state index in [2.05, 4.69) is 36.1 Å². The van der Waals surface area contributed by atoms with Gasteiger partial charge in [0.25, 0.3) is 0 Å². The summed E-state index contributed by atoms with van der Waals surface area (Å²) in [5.74, 6) is -5.51. The monoisotopic (exact) mass is 464 g/mol. The summed E-state index contributed by atoms with van der Waals surface area (Å²) >= 11 is 0. The van der Waals surface area contributed by atoms with Crippen molar-refractivity contribution in [1.29, 1.82) is 0 Å². The third kappa shape index (κ3) is 11.5. The van der Waals surface area contributed by atoms with Gasteiger partial charge in [0.05, 0.1) is 0 Å². The third-order valence-corrected chi connectivity index (χ3v) is 4.09. The number of likely N-dealkylation sites (tertiary alicyclic amines) is 1. The lowest BCUT2D eigenvalue weighted by atomic mass is 10.0. The van der Waals surface area contributed by atoms with E-state index in [0.717, 1.165) is 13.0 Å². The number of carboxylic acids is 2. The Morgan fingerprint density at radius 1 is 1.06 bits per heavy atom. The highest BCUT2D eigenvalue weighted by Crippen LogP contribution is 2.26. The first kappa shape index (κ1) is 28.6. The molecule has 13 heteroatoms. The van der Waals surface area contributed by atoms with E-state index in [-0.39, 0.29) is 0 Å². The molecule has 0 spiro atoms. The number of halogens is 7. The fraction of sp³-hybridized carbons (Fsp3) is 0.556. The van der Waals surface area contributed by atoms with E-state index >= 15 is 0 Å². The third-order valence-electron chi connectivity index (χ3n) is 4.09. The Labute approximate surface area is 173 Å². The van der Waals surface area contributed by atoms with E-state index in [1.165, 1.54) is 11.1 Å². The molecule has 1 fully saturated rings. The zero-order chi connectivity index (χ0) is 24.4. The van der Waals surface area contributed by atoms with Gasteiger partial charge in [0.2, 0.25) is 0 Å². The van der Waals surface area contributed by atoms with Crippen molar-refractivity contribution >= 4 is 11.9 Å². The highest BCUT2D eigenvalue weighted by atomic mass is 19.4. The van der Waals surface area contributed by atoms with Gasteiger partial charge in [-0.2, -0.15) is 26.3 Å². The first-order valence-electron chi connectivity index (χ1n) is 8.86. The topological polar surface area (TPSA) is 104 Å². The Bertz CT molecular complexity index is 670. The van der Waals surface area contributed by atoms with Crippen molar-refractivity contribution in [2.45, 2.75) is 44.3 Å². The Morgan fingerprint density at radius 2 is 1.48 bits per heavy atom. The first-order valence-corrected chi connectivity index (χ1v) is 8.86. The van der Waals surface area contributed by atoms with Crippen LogP contribution < -0.4 is 5.73 Å². The molecule has 0 aliphatic carbocycles. The predicted octanol–water partition coefficient (Wildman–Crippen LogP) is 3.56. The lowest BCUT2D eigenvalue weighted by molar-refractivity contribution is -0.193. The zero-order valence-electron chi connectivity index (χ0n) is 16.4. The number of carboxylic acid groups (broad SMARTS) is 2. The molecule has 178 valence electrons. The SMILES string of the molecule is CC(c1ccc(CCN)cc1)N1CC[C@H](F)C1.O=C(O)C(F)(F)F.O=C(O)C(F)(F)F. The minimum atomic E-state index is -5.08. The number of alkyl halides is 7. The summed E-state index contributed by atoms with van der Waals surface area (Å²) in [7, 11) is 0. The lowest BCUT2D eigenvalue weighted by Gasteiger charge is -2.24. The van der Waals surface area contributed by atoms with Crippen LogP contribution >= 0.6 is 0 Å². The normalized spacial score (nSPS) is 17.6. The molecular weight excluding hydrogens is 441 g/mol. The number of nitrogens with zero attached hydrogens (tertiary/aromatic N) is 1. The van der Waals surface area contributed by atoms with Crippen LogP contribution in [0.5, 0.6) is 0 Å². The molecule has 6 nitrogen and oxygen atoms in total. The van der Waals surface area contributed by atoms with Crippen LogP contribution in [0.15, 0.2) is 24.3 Å². The van der Waals surface area contributed by atoms with Crippen LogP contribution in [0.2, 0.25) is 0 Å². The summed E-state index contributed by atoms with van der Waals surface area (Å²) < 4.78 is 76.6. The van der Waals surface area contributed by atoms with E-state index in [9.17, 15) is 30.7 Å². The zero-order valence-corrected chi connectivity index (χ0v) is 16.4. The molecule has 0 bridgehead atoms. The van der Waals surface area contributed by atoms with Crippen molar-refractivity contribution in [2.75, 3.05) is 19.6 Å². The molecule has 1 unspecified atom stereocenters. The lowest BCUT2D eigenvalue weighted by Crippen LogP contribution is -2.24. The first-order chi connectivity index (χ1) is 14.1. The standard InChI is InChI=1S/C14H21FN2.2C2HF3O2/c1-11(17-9-7-14(15)10-17)13-4-2-12(3-5-13)6-8-16;2*3-2(4,5)1(6)7/h2-5,11,14H,6-10,16H2,1H3;2*(H,6,7)/t11?,14-;;/m0../s1. The number of carbonyl (C=O) groups is 2. The Hall–Kier alpha value is -2.41. The van der Waals surface area contributed by atoms with Crippen molar-refractivity contribution in [2.24, 2.45) is 5.73 Å².